The molecule has 4 aromatic rings. The molecule has 2 amide bonds. The van der Waals surface area contributed by atoms with E-state index in [9.17, 15) is 14.0 Å². The van der Waals surface area contributed by atoms with Gasteiger partial charge in [0.25, 0.3) is 5.56 Å². The number of amides is 2. The number of halogens is 2. The van der Waals surface area contributed by atoms with Crippen LogP contribution < -0.4 is 10.9 Å². The summed E-state index contributed by atoms with van der Waals surface area (Å²) in [7, 11) is 0. The lowest BCUT2D eigenvalue weighted by atomic mass is 10.1. The summed E-state index contributed by atoms with van der Waals surface area (Å²) >= 11 is 5.84. The van der Waals surface area contributed by atoms with Crippen molar-refractivity contribution in [3.63, 3.8) is 0 Å². The van der Waals surface area contributed by atoms with Crippen LogP contribution in [0.15, 0.2) is 77.9 Å². The van der Waals surface area contributed by atoms with Crippen molar-refractivity contribution in [2.45, 2.75) is 13.0 Å². The third-order valence-electron chi connectivity index (χ3n) is 5.08. The molecule has 0 saturated heterocycles. The third kappa shape index (κ3) is 4.95. The van der Waals surface area contributed by atoms with E-state index in [0.29, 0.717) is 24.0 Å². The number of urea groups is 1. The van der Waals surface area contributed by atoms with Gasteiger partial charge in [0.1, 0.15) is 5.82 Å². The van der Waals surface area contributed by atoms with Crippen LogP contribution in [0.4, 0.5) is 14.9 Å². The van der Waals surface area contributed by atoms with Gasteiger partial charge in [0, 0.05) is 30.0 Å². The van der Waals surface area contributed by atoms with Crippen molar-refractivity contribution in [2.75, 3.05) is 11.9 Å². The van der Waals surface area contributed by atoms with Gasteiger partial charge in [0.15, 0.2) is 0 Å². The number of carbonyl (C=O) groups excluding carboxylic acids is 1. The number of nitrogens with one attached hydrogen (secondary N) is 2. The van der Waals surface area contributed by atoms with Gasteiger partial charge < -0.3 is 15.2 Å². The highest BCUT2D eigenvalue weighted by molar-refractivity contribution is 6.31. The van der Waals surface area contributed by atoms with Crippen LogP contribution in [0.25, 0.3) is 10.8 Å². The Morgan fingerprint density at radius 3 is 2.62 bits per heavy atom. The highest BCUT2D eigenvalue weighted by Gasteiger charge is 2.16. The zero-order chi connectivity index (χ0) is 22.5. The van der Waals surface area contributed by atoms with Crippen molar-refractivity contribution >= 4 is 34.1 Å². The fraction of sp³-hybridized carbons (Fsp3) is 0.125. The number of aromatic amines is 1. The average Bonchev–Trinajstić information content (AvgIpc) is 2.81. The second-order valence-electron chi connectivity index (χ2n) is 7.24. The predicted molar refractivity (Wildman–Crippen MR) is 123 cm³/mol. The molecule has 2 heterocycles. The monoisotopic (exact) mass is 450 g/mol. The molecular formula is C24H20ClFN4O2. The highest BCUT2D eigenvalue weighted by Crippen LogP contribution is 2.20. The number of anilines is 1. The highest BCUT2D eigenvalue weighted by atomic mass is 35.5. The Morgan fingerprint density at radius 1 is 1.09 bits per heavy atom. The third-order valence-corrected chi connectivity index (χ3v) is 5.37. The molecule has 8 heteroatoms. The summed E-state index contributed by atoms with van der Waals surface area (Å²) < 4.78 is 13.5. The molecule has 0 atom stereocenters. The van der Waals surface area contributed by atoms with Gasteiger partial charge in [-0.1, -0.05) is 35.9 Å². The normalized spacial score (nSPS) is 10.8. The topological polar surface area (TPSA) is 78.1 Å². The van der Waals surface area contributed by atoms with Gasteiger partial charge in [-0.15, -0.1) is 0 Å². The minimum Gasteiger partial charge on any atom is -0.328 e. The quantitative estimate of drug-likeness (QED) is 0.434. The number of aromatic nitrogens is 2. The lowest BCUT2D eigenvalue weighted by Crippen LogP contribution is -2.36. The number of rotatable bonds is 6. The van der Waals surface area contributed by atoms with E-state index in [2.05, 4.69) is 15.3 Å². The lowest BCUT2D eigenvalue weighted by molar-refractivity contribution is 0.209. The number of pyridine rings is 2. The van der Waals surface area contributed by atoms with Gasteiger partial charge in [-0.3, -0.25) is 9.78 Å². The number of benzene rings is 2. The Balaban J connectivity index is 1.57. The Morgan fingerprint density at radius 2 is 1.88 bits per heavy atom. The van der Waals surface area contributed by atoms with Crippen molar-refractivity contribution in [3.05, 3.63) is 106 Å². The minimum atomic E-state index is -0.556. The summed E-state index contributed by atoms with van der Waals surface area (Å²) in [6.07, 6.45) is 3.86. The average molecular weight is 451 g/mol. The van der Waals surface area contributed by atoms with Crippen LogP contribution in [0.5, 0.6) is 0 Å². The van der Waals surface area contributed by atoms with Gasteiger partial charge in [-0.05, 0) is 53.8 Å². The van der Waals surface area contributed by atoms with Crippen LogP contribution in [0, 0.1) is 5.82 Å². The molecule has 0 aliphatic carbocycles. The molecular weight excluding hydrogens is 431 g/mol. The van der Waals surface area contributed by atoms with E-state index in [1.807, 2.05) is 30.3 Å². The first-order valence-electron chi connectivity index (χ1n) is 10.0. The molecule has 0 aliphatic heterocycles. The van der Waals surface area contributed by atoms with Crippen molar-refractivity contribution in [2.24, 2.45) is 0 Å². The Bertz CT molecular complexity index is 1310. The number of H-pyrrole nitrogens is 1. The molecule has 0 unspecified atom stereocenters. The van der Waals surface area contributed by atoms with E-state index in [1.54, 1.807) is 29.4 Å². The molecule has 2 aromatic carbocycles. The van der Waals surface area contributed by atoms with E-state index in [-0.39, 0.29) is 23.2 Å². The van der Waals surface area contributed by atoms with Crippen LogP contribution in [-0.2, 0) is 13.0 Å². The van der Waals surface area contributed by atoms with Gasteiger partial charge in [0.05, 0.1) is 17.3 Å². The minimum absolute atomic E-state index is 0.0706. The smallest absolute Gasteiger partial charge is 0.322 e. The maximum absolute atomic E-state index is 13.5. The summed E-state index contributed by atoms with van der Waals surface area (Å²) in [6.45, 7) is 0.649. The first kappa shape index (κ1) is 21.5. The molecule has 4 rings (SSSR count). The molecule has 32 heavy (non-hydrogen) atoms. The molecule has 0 fully saturated rings. The SMILES string of the molecule is O=C(Nc1ccc(F)c(Cl)c1)N(CCc1c[nH]c(=O)c2ccccc12)Cc1ccccn1. The number of fused-ring (bicyclic) bond motifs is 1. The van der Waals surface area contributed by atoms with Crippen molar-refractivity contribution in [1.82, 2.24) is 14.9 Å². The van der Waals surface area contributed by atoms with Gasteiger partial charge >= 0.3 is 6.03 Å². The number of hydrogen-bond donors (Lipinski definition) is 2. The second-order valence-corrected chi connectivity index (χ2v) is 7.65. The van der Waals surface area contributed by atoms with Crippen LogP contribution in [-0.4, -0.2) is 27.4 Å². The van der Waals surface area contributed by atoms with E-state index in [1.165, 1.54) is 18.2 Å². The molecule has 0 saturated carbocycles. The van der Waals surface area contributed by atoms with Crippen molar-refractivity contribution < 1.29 is 9.18 Å². The van der Waals surface area contributed by atoms with Crippen LogP contribution in [0.3, 0.4) is 0 Å². The van der Waals surface area contributed by atoms with Gasteiger partial charge in [-0.2, -0.15) is 0 Å². The summed E-state index contributed by atoms with van der Waals surface area (Å²) in [5, 5.41) is 4.14. The largest absolute Gasteiger partial charge is 0.328 e. The fourth-order valence-electron chi connectivity index (χ4n) is 3.45. The van der Waals surface area contributed by atoms with E-state index < -0.39 is 5.82 Å². The maximum Gasteiger partial charge on any atom is 0.322 e. The standard InChI is InChI=1S/C24H20ClFN4O2/c25-21-13-17(8-9-22(21)26)29-24(32)30(15-18-5-3-4-11-27-18)12-10-16-14-28-23(31)20-7-2-1-6-19(16)20/h1-9,11,13-14H,10,12,15H2,(H,28,31)(H,29,32). The Hall–Kier alpha value is -3.71. The summed E-state index contributed by atoms with van der Waals surface area (Å²) in [4.78, 5) is 33.8. The van der Waals surface area contributed by atoms with Crippen molar-refractivity contribution in [1.29, 1.82) is 0 Å². The zero-order valence-electron chi connectivity index (χ0n) is 17.0. The Labute approximate surface area is 188 Å². The molecule has 2 aromatic heterocycles. The summed E-state index contributed by atoms with van der Waals surface area (Å²) in [5.74, 6) is -0.556. The van der Waals surface area contributed by atoms with E-state index >= 15 is 0 Å². The molecule has 6 nitrogen and oxygen atoms in total. The van der Waals surface area contributed by atoms with Gasteiger partial charge in [0.2, 0.25) is 0 Å². The molecule has 2 N–H and O–H groups in total. The Kier molecular flexibility index (Phi) is 6.47. The second kappa shape index (κ2) is 9.62. The number of hydrogen-bond acceptors (Lipinski definition) is 3. The lowest BCUT2D eigenvalue weighted by Gasteiger charge is -2.23. The van der Waals surface area contributed by atoms with E-state index in [4.69, 9.17) is 11.6 Å². The zero-order valence-corrected chi connectivity index (χ0v) is 17.8. The van der Waals surface area contributed by atoms with Crippen LogP contribution >= 0.6 is 11.6 Å². The molecule has 0 spiro atoms. The molecule has 0 aliphatic rings. The fourth-order valence-corrected chi connectivity index (χ4v) is 3.63. The van der Waals surface area contributed by atoms with Crippen molar-refractivity contribution in [3.8, 4) is 0 Å². The van der Waals surface area contributed by atoms with E-state index in [0.717, 1.165) is 16.6 Å². The number of carbonyl (C=O) groups is 1. The first-order chi connectivity index (χ1) is 15.5. The molecule has 162 valence electrons. The van der Waals surface area contributed by atoms with Crippen LogP contribution in [0.2, 0.25) is 5.02 Å². The van der Waals surface area contributed by atoms with Gasteiger partial charge in [-0.25, -0.2) is 9.18 Å². The number of nitrogens with zero attached hydrogens (tertiary/aromatic N) is 2. The molecule has 0 radical (unpaired) electrons. The maximum atomic E-state index is 13.5. The summed E-state index contributed by atoms with van der Waals surface area (Å²) in [6, 6.07) is 16.5. The predicted octanol–water partition coefficient (Wildman–Crippen LogP) is 4.99. The summed E-state index contributed by atoms with van der Waals surface area (Å²) in [5.41, 5.74) is 1.89. The molecule has 0 bridgehead atoms. The van der Waals surface area contributed by atoms with Crippen LogP contribution in [0.1, 0.15) is 11.3 Å². The first-order valence-corrected chi connectivity index (χ1v) is 10.4.